The van der Waals surface area contributed by atoms with E-state index in [1.54, 1.807) is 0 Å². The van der Waals surface area contributed by atoms with Gasteiger partial charge < -0.3 is 0 Å². The predicted octanol–water partition coefficient (Wildman–Crippen LogP) is 2.41. The molecule has 21 heavy (non-hydrogen) atoms. The number of nitrogens with two attached hydrogens (primary N) is 1. The second kappa shape index (κ2) is 6.46. The van der Waals surface area contributed by atoms with E-state index in [9.17, 15) is 8.42 Å². The average Bonchev–Trinajstić information content (AvgIpc) is 2.41. The highest BCUT2D eigenvalue weighted by molar-refractivity contribution is 7.91. The monoisotopic (exact) mass is 310 g/mol. The molecule has 1 aliphatic rings. The first kappa shape index (κ1) is 16.5. The van der Waals surface area contributed by atoms with Crippen LogP contribution in [0.25, 0.3) is 0 Å². The Morgan fingerprint density at radius 1 is 1.29 bits per heavy atom. The maximum atomic E-state index is 11.8. The van der Waals surface area contributed by atoms with Crippen LogP contribution in [0.15, 0.2) is 18.2 Å². The van der Waals surface area contributed by atoms with Crippen molar-refractivity contribution in [3.63, 3.8) is 0 Å². The molecular weight excluding hydrogens is 284 g/mol. The summed E-state index contributed by atoms with van der Waals surface area (Å²) in [5.74, 6) is 6.07. The van der Waals surface area contributed by atoms with Crippen molar-refractivity contribution < 1.29 is 8.42 Å². The molecule has 0 heterocycles. The number of benzene rings is 1. The molecule has 0 aliphatic heterocycles. The molecule has 0 saturated heterocycles. The van der Waals surface area contributed by atoms with Crippen LogP contribution < -0.4 is 11.3 Å². The largest absolute Gasteiger partial charge is 0.271 e. The summed E-state index contributed by atoms with van der Waals surface area (Å²) in [6, 6.07) is 6.37. The lowest BCUT2D eigenvalue weighted by Crippen LogP contribution is -2.38. The van der Waals surface area contributed by atoms with Crippen molar-refractivity contribution in [2.24, 2.45) is 11.8 Å². The van der Waals surface area contributed by atoms with Gasteiger partial charge in [-0.2, -0.15) is 0 Å². The first-order valence-corrected chi connectivity index (χ1v) is 9.50. The summed E-state index contributed by atoms with van der Waals surface area (Å²) < 4.78 is 23.7. The van der Waals surface area contributed by atoms with E-state index in [0.717, 1.165) is 19.3 Å². The minimum absolute atomic E-state index is 0.0233. The Morgan fingerprint density at radius 3 is 2.57 bits per heavy atom. The van der Waals surface area contributed by atoms with E-state index in [0.29, 0.717) is 6.42 Å². The highest BCUT2D eigenvalue weighted by atomic mass is 32.2. The van der Waals surface area contributed by atoms with Crippen molar-refractivity contribution >= 4 is 9.84 Å². The number of hydrogen-bond donors (Lipinski definition) is 2. The Labute approximate surface area is 128 Å². The van der Waals surface area contributed by atoms with E-state index in [1.165, 1.54) is 22.9 Å². The second-order valence-electron chi connectivity index (χ2n) is 6.38. The fourth-order valence-electron chi connectivity index (χ4n) is 3.53. The summed E-state index contributed by atoms with van der Waals surface area (Å²) in [4.78, 5) is 0. The van der Waals surface area contributed by atoms with Crippen LogP contribution in [0.2, 0.25) is 0 Å². The SMILES string of the molecule is Cc1ccc(C(NN)C2CCCC(S(C)(=O)=O)C2)c(C)c1. The van der Waals surface area contributed by atoms with Gasteiger partial charge in [0.15, 0.2) is 0 Å². The lowest BCUT2D eigenvalue weighted by Gasteiger charge is -2.34. The molecule has 0 bridgehead atoms. The third-order valence-corrected chi connectivity index (χ3v) is 6.32. The zero-order chi connectivity index (χ0) is 15.6. The molecule has 1 aliphatic carbocycles. The zero-order valence-electron chi connectivity index (χ0n) is 13.1. The summed E-state index contributed by atoms with van der Waals surface area (Å²) in [5, 5.41) is -0.224. The number of rotatable bonds is 4. The molecule has 1 saturated carbocycles. The maximum Gasteiger partial charge on any atom is 0.150 e. The van der Waals surface area contributed by atoms with Gasteiger partial charge in [0.05, 0.1) is 5.25 Å². The number of hydrogen-bond acceptors (Lipinski definition) is 4. The van der Waals surface area contributed by atoms with Crippen molar-refractivity contribution in [3.8, 4) is 0 Å². The molecule has 3 N–H and O–H groups in total. The van der Waals surface area contributed by atoms with Crippen LogP contribution in [0.1, 0.15) is 48.4 Å². The summed E-state index contributed by atoms with van der Waals surface area (Å²) in [7, 11) is -2.97. The van der Waals surface area contributed by atoms with Crippen molar-refractivity contribution in [2.75, 3.05) is 6.26 Å². The Kier molecular flexibility index (Phi) is 5.07. The molecular formula is C16H26N2O2S. The van der Waals surface area contributed by atoms with Gasteiger partial charge in [0.25, 0.3) is 0 Å². The quantitative estimate of drug-likeness (QED) is 0.662. The Hall–Kier alpha value is -0.910. The molecule has 4 nitrogen and oxygen atoms in total. The Bertz CT molecular complexity index is 598. The molecule has 1 fully saturated rings. The smallest absolute Gasteiger partial charge is 0.150 e. The Balaban J connectivity index is 2.24. The molecule has 0 spiro atoms. The standard InChI is InChI=1S/C16H26N2O2S/c1-11-7-8-15(12(2)9-11)16(18-17)13-5-4-6-14(10-13)21(3,19)20/h7-9,13-14,16,18H,4-6,10,17H2,1-3H3. The van der Waals surface area contributed by atoms with Gasteiger partial charge in [-0.25, -0.2) is 8.42 Å². The molecule has 0 radical (unpaired) electrons. The second-order valence-corrected chi connectivity index (χ2v) is 8.71. The lowest BCUT2D eigenvalue weighted by molar-refractivity contribution is 0.274. The first-order chi connectivity index (χ1) is 9.82. The van der Waals surface area contributed by atoms with Crippen LogP contribution in [0, 0.1) is 19.8 Å². The van der Waals surface area contributed by atoms with Gasteiger partial charge in [-0.3, -0.25) is 11.3 Å². The number of sulfone groups is 1. The molecule has 1 aromatic rings. The summed E-state index contributed by atoms with van der Waals surface area (Å²) in [6.45, 7) is 4.16. The summed E-state index contributed by atoms with van der Waals surface area (Å²) >= 11 is 0. The van der Waals surface area contributed by atoms with Crippen LogP contribution >= 0.6 is 0 Å². The highest BCUT2D eigenvalue weighted by Gasteiger charge is 2.33. The van der Waals surface area contributed by atoms with Crippen molar-refractivity contribution in [3.05, 3.63) is 34.9 Å². The number of aryl methyl sites for hydroxylation is 2. The predicted molar refractivity (Wildman–Crippen MR) is 86.6 cm³/mol. The van der Waals surface area contributed by atoms with E-state index in [-0.39, 0.29) is 17.2 Å². The van der Waals surface area contributed by atoms with Crippen LogP contribution in [0.4, 0.5) is 0 Å². The topological polar surface area (TPSA) is 72.2 Å². The van der Waals surface area contributed by atoms with Crippen molar-refractivity contribution in [1.82, 2.24) is 5.43 Å². The minimum atomic E-state index is -2.97. The van der Waals surface area contributed by atoms with Crippen LogP contribution in [0.3, 0.4) is 0 Å². The van der Waals surface area contributed by atoms with Gasteiger partial charge in [0, 0.05) is 12.3 Å². The van der Waals surface area contributed by atoms with Crippen LogP contribution in [-0.4, -0.2) is 19.9 Å². The number of nitrogens with one attached hydrogen (secondary N) is 1. The summed E-state index contributed by atoms with van der Waals surface area (Å²) in [6.07, 6.45) is 4.79. The summed E-state index contributed by atoms with van der Waals surface area (Å²) in [5.41, 5.74) is 6.54. The molecule has 0 amide bonds. The van der Waals surface area contributed by atoms with Gasteiger partial charge in [0.1, 0.15) is 9.84 Å². The molecule has 3 atom stereocenters. The van der Waals surface area contributed by atoms with Crippen LogP contribution in [-0.2, 0) is 9.84 Å². The zero-order valence-corrected chi connectivity index (χ0v) is 13.9. The van der Waals surface area contributed by atoms with Crippen molar-refractivity contribution in [1.29, 1.82) is 0 Å². The average molecular weight is 310 g/mol. The first-order valence-electron chi connectivity index (χ1n) is 7.55. The number of hydrazine groups is 1. The molecule has 3 unspecified atom stereocenters. The maximum absolute atomic E-state index is 11.8. The fraction of sp³-hybridized carbons (Fsp3) is 0.625. The molecule has 118 valence electrons. The van der Waals surface area contributed by atoms with E-state index in [4.69, 9.17) is 5.84 Å². The third kappa shape index (κ3) is 3.84. The van der Waals surface area contributed by atoms with Gasteiger partial charge in [0.2, 0.25) is 0 Å². The van der Waals surface area contributed by atoms with E-state index < -0.39 is 9.84 Å². The van der Waals surface area contributed by atoms with Crippen LogP contribution in [0.5, 0.6) is 0 Å². The fourth-order valence-corrected chi connectivity index (χ4v) is 4.72. The molecule has 5 heteroatoms. The van der Waals surface area contributed by atoms with Gasteiger partial charge in [-0.05, 0) is 50.2 Å². The lowest BCUT2D eigenvalue weighted by atomic mass is 9.80. The molecule has 1 aromatic carbocycles. The normalized spacial score (nSPS) is 24.8. The van der Waals surface area contributed by atoms with E-state index in [2.05, 4.69) is 37.5 Å². The highest BCUT2D eigenvalue weighted by Crippen LogP contribution is 2.37. The van der Waals surface area contributed by atoms with Gasteiger partial charge in [-0.1, -0.05) is 30.2 Å². The van der Waals surface area contributed by atoms with Gasteiger partial charge >= 0.3 is 0 Å². The third-order valence-electron chi connectivity index (χ3n) is 4.68. The van der Waals surface area contributed by atoms with Gasteiger partial charge in [-0.15, -0.1) is 0 Å². The molecule has 0 aromatic heterocycles. The van der Waals surface area contributed by atoms with E-state index in [1.807, 2.05) is 0 Å². The molecule has 2 rings (SSSR count). The van der Waals surface area contributed by atoms with Crippen molar-refractivity contribution in [2.45, 2.75) is 50.8 Å². The minimum Gasteiger partial charge on any atom is -0.271 e. The Morgan fingerprint density at radius 2 is 2.00 bits per heavy atom. The van der Waals surface area contributed by atoms with E-state index >= 15 is 0 Å².